The van der Waals surface area contributed by atoms with Crippen molar-refractivity contribution in [2.75, 3.05) is 32.8 Å². The highest BCUT2D eigenvalue weighted by molar-refractivity contribution is 5.57. The van der Waals surface area contributed by atoms with Crippen LogP contribution < -0.4 is 0 Å². The molecule has 1 aliphatic carbocycles. The van der Waals surface area contributed by atoms with Gasteiger partial charge >= 0.3 is 0 Å². The molecule has 1 unspecified atom stereocenters. The van der Waals surface area contributed by atoms with Crippen molar-refractivity contribution in [3.63, 3.8) is 0 Å². The van der Waals surface area contributed by atoms with Crippen molar-refractivity contribution >= 4 is 0 Å². The smallest absolute Gasteiger partial charge is 0.0929 e. The van der Waals surface area contributed by atoms with E-state index in [1.165, 1.54) is 45.3 Å². The lowest BCUT2D eigenvalue weighted by molar-refractivity contribution is 0.0544. The number of aromatic nitrogens is 2. The van der Waals surface area contributed by atoms with Crippen LogP contribution in [-0.4, -0.2) is 47.9 Å². The molecule has 3 aliphatic rings. The molecule has 2 aliphatic heterocycles. The molecule has 2 saturated heterocycles. The topological polar surface area (TPSA) is 38.2 Å². The van der Waals surface area contributed by atoms with Crippen LogP contribution in [0.4, 0.5) is 0 Å². The molecule has 3 heterocycles. The van der Waals surface area contributed by atoms with E-state index < -0.39 is 0 Å². The van der Waals surface area contributed by atoms with Crippen LogP contribution in [0.25, 0.3) is 11.3 Å². The Bertz CT molecular complexity index is 743. The number of hydrogen-bond donors (Lipinski definition) is 0. The highest BCUT2D eigenvalue weighted by Crippen LogP contribution is 2.43. The van der Waals surface area contributed by atoms with Crippen LogP contribution >= 0.6 is 0 Å². The monoisotopic (exact) mass is 377 g/mol. The molecule has 0 spiro atoms. The quantitative estimate of drug-likeness (QED) is 0.787. The molecule has 1 aromatic heterocycles. The molecule has 3 fully saturated rings. The lowest BCUT2D eigenvalue weighted by Crippen LogP contribution is -2.31. The van der Waals surface area contributed by atoms with Crippen LogP contribution in [-0.2, 0) is 11.2 Å². The number of nitrogens with zero attached hydrogens (tertiary/aromatic N) is 3. The van der Waals surface area contributed by atoms with Gasteiger partial charge in [-0.05, 0) is 67.9 Å². The standard InChI is InChI=1S/C24H31N3O/c1-2-4-20(5-3-1)24-7-6-23(25-26-24)14-19-12-21-16-27(17-22(21)13-19)15-18-8-10-28-11-9-18/h1-7,18-19,21-22H,8-17H2/t19?,21-,22+. The zero-order valence-corrected chi connectivity index (χ0v) is 16.7. The second-order valence-corrected chi connectivity index (χ2v) is 9.11. The van der Waals surface area contributed by atoms with Gasteiger partial charge in [-0.15, -0.1) is 0 Å². The maximum Gasteiger partial charge on any atom is 0.0929 e. The predicted molar refractivity (Wildman–Crippen MR) is 111 cm³/mol. The van der Waals surface area contributed by atoms with Crippen LogP contribution in [0.15, 0.2) is 42.5 Å². The number of benzene rings is 1. The summed E-state index contributed by atoms with van der Waals surface area (Å²) in [6.07, 6.45) is 6.35. The molecular formula is C24H31N3O. The summed E-state index contributed by atoms with van der Waals surface area (Å²) in [6.45, 7) is 5.87. The Hall–Kier alpha value is -1.78. The summed E-state index contributed by atoms with van der Waals surface area (Å²) in [7, 11) is 0. The Morgan fingerprint density at radius 2 is 1.61 bits per heavy atom. The van der Waals surface area contributed by atoms with E-state index in [0.717, 1.165) is 60.3 Å². The number of likely N-dealkylation sites (tertiary alicyclic amines) is 1. The number of ether oxygens (including phenoxy) is 1. The molecule has 148 valence electrons. The Morgan fingerprint density at radius 1 is 0.857 bits per heavy atom. The summed E-state index contributed by atoms with van der Waals surface area (Å²) in [5, 5.41) is 9.00. The molecule has 4 heteroatoms. The van der Waals surface area contributed by atoms with Crippen molar-refractivity contribution in [2.45, 2.75) is 32.1 Å². The third kappa shape index (κ3) is 4.13. The van der Waals surface area contributed by atoms with E-state index in [2.05, 4.69) is 39.4 Å². The van der Waals surface area contributed by atoms with Gasteiger partial charge in [-0.3, -0.25) is 0 Å². The third-order valence-corrected chi connectivity index (χ3v) is 7.07. The van der Waals surface area contributed by atoms with Gasteiger partial charge in [-0.2, -0.15) is 10.2 Å². The first-order valence-electron chi connectivity index (χ1n) is 11.0. The number of rotatable bonds is 5. The molecule has 0 radical (unpaired) electrons. The van der Waals surface area contributed by atoms with Crippen molar-refractivity contribution < 1.29 is 4.74 Å². The van der Waals surface area contributed by atoms with E-state index in [0.29, 0.717) is 0 Å². The van der Waals surface area contributed by atoms with E-state index in [4.69, 9.17) is 4.74 Å². The molecule has 1 saturated carbocycles. The summed E-state index contributed by atoms with van der Waals surface area (Å²) in [5.41, 5.74) is 3.27. The maximum absolute atomic E-state index is 5.51. The minimum Gasteiger partial charge on any atom is -0.381 e. The van der Waals surface area contributed by atoms with Gasteiger partial charge in [0, 0.05) is 38.4 Å². The van der Waals surface area contributed by atoms with Crippen LogP contribution in [0.5, 0.6) is 0 Å². The largest absolute Gasteiger partial charge is 0.381 e. The van der Waals surface area contributed by atoms with Gasteiger partial charge in [-0.1, -0.05) is 30.3 Å². The molecule has 1 aromatic carbocycles. The first kappa shape index (κ1) is 18.3. The molecule has 5 rings (SSSR count). The van der Waals surface area contributed by atoms with Gasteiger partial charge in [0.2, 0.25) is 0 Å². The minimum absolute atomic E-state index is 0.789. The zero-order valence-electron chi connectivity index (χ0n) is 16.7. The van der Waals surface area contributed by atoms with Crippen molar-refractivity contribution in [3.05, 3.63) is 48.2 Å². The number of fused-ring (bicyclic) bond motifs is 1. The number of hydrogen-bond acceptors (Lipinski definition) is 4. The molecule has 4 nitrogen and oxygen atoms in total. The molecule has 0 bridgehead atoms. The van der Waals surface area contributed by atoms with E-state index in [-0.39, 0.29) is 0 Å². The first-order chi connectivity index (χ1) is 13.8. The van der Waals surface area contributed by atoms with Crippen molar-refractivity contribution in [1.82, 2.24) is 15.1 Å². The van der Waals surface area contributed by atoms with Crippen molar-refractivity contribution in [3.8, 4) is 11.3 Å². The zero-order chi connectivity index (χ0) is 18.8. The molecule has 2 aromatic rings. The SMILES string of the molecule is c1ccc(-c2ccc(CC3C[C@@H]4CN(CC5CCOCC5)C[C@@H]4C3)nn2)cc1. The average molecular weight is 378 g/mol. The van der Waals surface area contributed by atoms with E-state index in [1.54, 1.807) is 0 Å². The molecule has 0 amide bonds. The normalized spacial score (nSPS) is 28.5. The summed E-state index contributed by atoms with van der Waals surface area (Å²) in [5.74, 6) is 3.46. The van der Waals surface area contributed by atoms with Gasteiger partial charge < -0.3 is 9.64 Å². The van der Waals surface area contributed by atoms with Gasteiger partial charge in [0.05, 0.1) is 11.4 Å². The fourth-order valence-corrected chi connectivity index (χ4v) is 5.66. The molecule has 28 heavy (non-hydrogen) atoms. The fourth-order valence-electron chi connectivity index (χ4n) is 5.66. The van der Waals surface area contributed by atoms with Crippen molar-refractivity contribution in [2.24, 2.45) is 23.7 Å². The maximum atomic E-state index is 5.51. The van der Waals surface area contributed by atoms with Crippen LogP contribution in [0.1, 0.15) is 31.4 Å². The lowest BCUT2D eigenvalue weighted by atomic mass is 9.98. The summed E-state index contributed by atoms with van der Waals surface area (Å²) in [6, 6.07) is 14.6. The third-order valence-electron chi connectivity index (χ3n) is 7.07. The molecule has 0 N–H and O–H groups in total. The van der Waals surface area contributed by atoms with E-state index in [1.807, 2.05) is 18.2 Å². The Morgan fingerprint density at radius 3 is 2.29 bits per heavy atom. The molecule has 3 atom stereocenters. The summed E-state index contributed by atoms with van der Waals surface area (Å²) < 4.78 is 5.51. The van der Waals surface area contributed by atoms with Crippen LogP contribution in [0, 0.1) is 23.7 Å². The highest BCUT2D eigenvalue weighted by Gasteiger charge is 2.41. The summed E-state index contributed by atoms with van der Waals surface area (Å²) >= 11 is 0. The van der Waals surface area contributed by atoms with Crippen LogP contribution in [0.2, 0.25) is 0 Å². The van der Waals surface area contributed by atoms with Gasteiger partial charge in [0.25, 0.3) is 0 Å². The fraction of sp³-hybridized carbons (Fsp3) is 0.583. The van der Waals surface area contributed by atoms with Crippen LogP contribution in [0.3, 0.4) is 0 Å². The Labute approximate surface area is 168 Å². The Kier molecular flexibility index (Phi) is 5.41. The molecular weight excluding hydrogens is 346 g/mol. The van der Waals surface area contributed by atoms with Gasteiger partial charge in [0.1, 0.15) is 0 Å². The average Bonchev–Trinajstić information content (AvgIpc) is 3.28. The Balaban J connectivity index is 1.12. The second-order valence-electron chi connectivity index (χ2n) is 9.11. The van der Waals surface area contributed by atoms with E-state index >= 15 is 0 Å². The highest BCUT2D eigenvalue weighted by atomic mass is 16.5. The lowest BCUT2D eigenvalue weighted by Gasteiger charge is -2.27. The summed E-state index contributed by atoms with van der Waals surface area (Å²) in [4.78, 5) is 2.75. The van der Waals surface area contributed by atoms with Gasteiger partial charge in [-0.25, -0.2) is 0 Å². The van der Waals surface area contributed by atoms with Crippen molar-refractivity contribution in [1.29, 1.82) is 0 Å². The van der Waals surface area contributed by atoms with E-state index in [9.17, 15) is 0 Å². The first-order valence-corrected chi connectivity index (χ1v) is 11.0. The minimum atomic E-state index is 0.789. The predicted octanol–water partition coefficient (Wildman–Crippen LogP) is 4.07. The van der Waals surface area contributed by atoms with Gasteiger partial charge in [0.15, 0.2) is 0 Å². The second kappa shape index (κ2) is 8.30.